The zero-order valence-electron chi connectivity index (χ0n) is 29.6. The minimum absolute atomic E-state index is 0.0867. The summed E-state index contributed by atoms with van der Waals surface area (Å²) < 4.78 is 39.0. The molecule has 3 saturated carbocycles. The van der Waals surface area contributed by atoms with Crippen molar-refractivity contribution >= 4 is 30.2 Å². The van der Waals surface area contributed by atoms with E-state index < -0.39 is 7.25 Å². The van der Waals surface area contributed by atoms with E-state index in [1.165, 1.54) is 121 Å². The Kier molecular flexibility index (Phi) is 22.6. The molecular weight excluding hydrogens is 741 g/mol. The van der Waals surface area contributed by atoms with Gasteiger partial charge in [-0.05, 0) is 100 Å². The summed E-state index contributed by atoms with van der Waals surface area (Å²) in [5.41, 5.74) is 3.40. The van der Waals surface area contributed by atoms with Crippen LogP contribution in [0.25, 0.3) is 0 Å². The molecule has 3 fully saturated rings. The molecule has 0 N–H and O–H groups in total. The molecular formula is C37H58BClF4N3PRu. The average Bonchev–Trinajstić information content (AvgIpc) is 3.56. The van der Waals surface area contributed by atoms with Crippen molar-refractivity contribution in [3.8, 4) is 0 Å². The third kappa shape index (κ3) is 16.3. The van der Waals surface area contributed by atoms with Crippen LogP contribution in [0.2, 0.25) is 0 Å². The van der Waals surface area contributed by atoms with Gasteiger partial charge in [0.15, 0.2) is 0 Å². The molecule has 5 rings (SSSR count). The monoisotopic (exact) mass is 799 g/mol. The fraction of sp³-hybridized carbons (Fsp3) is 0.622. The normalized spacial score (nSPS) is 19.8. The Morgan fingerprint density at radius 3 is 1.69 bits per heavy atom. The number of rotatable bonds is 11. The number of likely N-dealkylation sites (N-methyl/N-ethyl adjacent to an activating group) is 1. The third-order valence-electron chi connectivity index (χ3n) is 9.24. The molecule has 6 radical (unpaired) electrons. The van der Waals surface area contributed by atoms with Crippen molar-refractivity contribution in [3.63, 3.8) is 0 Å². The Morgan fingerprint density at radius 1 is 0.771 bits per heavy atom. The summed E-state index contributed by atoms with van der Waals surface area (Å²) in [6.07, 6.45) is 33.2. The zero-order chi connectivity index (χ0) is 35.4. The number of nitrogens with zero attached hydrogens (tertiary/aromatic N) is 3. The maximum absolute atomic E-state index is 9.75. The molecule has 4 aliphatic rings. The molecule has 0 saturated heterocycles. The maximum atomic E-state index is 9.75. The number of unbranched alkanes of at least 4 members (excludes halogenated alkanes) is 2. The molecule has 0 spiro atoms. The van der Waals surface area contributed by atoms with Gasteiger partial charge in [0.2, 0.25) is 0 Å². The van der Waals surface area contributed by atoms with Gasteiger partial charge in [0, 0.05) is 31.4 Å². The number of benzene rings is 1. The van der Waals surface area contributed by atoms with Crippen LogP contribution in [-0.2, 0) is 17.3 Å². The fourth-order valence-electron chi connectivity index (χ4n) is 6.96. The van der Waals surface area contributed by atoms with E-state index in [4.69, 9.17) is 0 Å². The first-order valence-electron chi connectivity index (χ1n) is 17.9. The van der Waals surface area contributed by atoms with Gasteiger partial charge in [0.25, 0.3) is 0 Å². The van der Waals surface area contributed by atoms with Gasteiger partial charge in [0.1, 0.15) is 0 Å². The second-order valence-electron chi connectivity index (χ2n) is 13.2. The molecule has 0 atom stereocenters. The molecule has 1 aromatic carbocycles. The van der Waals surface area contributed by atoms with Gasteiger partial charge in [-0.2, -0.15) is 0 Å². The van der Waals surface area contributed by atoms with Crippen molar-refractivity contribution in [2.75, 3.05) is 33.9 Å². The Labute approximate surface area is 306 Å². The standard InChI is InChI=1S/C26H36NP.C11H22N2.BF4.ClH.Ru/c1-27(2)25-19-11-9-17-23(25)24-18-10-12-20-26(24)28(21-13-5-3-6-14-21)22-15-7-4-8-16-22;1-3-5-7-12-9-10-13(11-12)8-6-4-2;2-1(3,4)5;;/h9-12,17-22H,3-8,13-16H2,1-2H3;9-10H,3-8,11H2,1-2H3;;1H;/q;;-1;;+2/p-1. The van der Waals surface area contributed by atoms with Crippen LogP contribution in [0.4, 0.5) is 17.3 Å². The van der Waals surface area contributed by atoms with Crippen LogP contribution in [0, 0.1) is 37.6 Å². The van der Waals surface area contributed by atoms with Crippen LogP contribution in [0.15, 0.2) is 36.7 Å². The molecule has 3 nitrogen and oxygen atoms in total. The first kappa shape index (κ1) is 43.8. The van der Waals surface area contributed by atoms with Crippen molar-refractivity contribution in [2.24, 2.45) is 0 Å². The van der Waals surface area contributed by atoms with Gasteiger partial charge in [-0.25, -0.2) is 0 Å². The Morgan fingerprint density at radius 2 is 1.23 bits per heavy atom. The molecule has 11 heteroatoms. The predicted octanol–water partition coefficient (Wildman–Crippen LogP) is 10.9. The number of halogens is 5. The molecule has 0 amide bonds. The van der Waals surface area contributed by atoms with E-state index in [1.807, 2.05) is 17.3 Å². The summed E-state index contributed by atoms with van der Waals surface area (Å²) >= 11 is 1.82. The molecule has 0 bridgehead atoms. The van der Waals surface area contributed by atoms with Crippen molar-refractivity contribution < 1.29 is 34.6 Å². The molecule has 1 aromatic rings. The summed E-state index contributed by atoms with van der Waals surface area (Å²) in [6, 6.07) is 10.8. The summed E-state index contributed by atoms with van der Waals surface area (Å²) in [4.78, 5) is 7.08. The molecule has 0 aromatic heterocycles. The van der Waals surface area contributed by atoms with E-state index in [0.29, 0.717) is 0 Å². The Bertz CT molecular complexity index is 956. The van der Waals surface area contributed by atoms with Crippen LogP contribution in [0.1, 0.15) is 109 Å². The van der Waals surface area contributed by atoms with Gasteiger partial charge < -0.3 is 32.0 Å². The first-order chi connectivity index (χ1) is 23.1. The van der Waals surface area contributed by atoms with E-state index >= 15 is 0 Å². The molecule has 272 valence electrons. The molecule has 1 aliphatic heterocycles. The van der Waals surface area contributed by atoms with Crippen molar-refractivity contribution in [1.82, 2.24) is 14.7 Å². The summed E-state index contributed by atoms with van der Waals surface area (Å²) in [6.45, 7) is 8.04. The van der Waals surface area contributed by atoms with E-state index in [9.17, 15) is 17.3 Å². The summed E-state index contributed by atoms with van der Waals surface area (Å²) in [7, 11) is 2.83. The van der Waals surface area contributed by atoms with E-state index in [0.717, 1.165) is 18.0 Å². The summed E-state index contributed by atoms with van der Waals surface area (Å²) in [5.74, 6) is 1.42. The average molecular weight is 799 g/mol. The first-order valence-corrected chi connectivity index (χ1v) is 21.6. The third-order valence-corrected chi connectivity index (χ3v) is 12.8. The van der Waals surface area contributed by atoms with Crippen LogP contribution in [0.3, 0.4) is 0 Å². The predicted molar refractivity (Wildman–Crippen MR) is 196 cm³/mol. The second kappa shape index (κ2) is 24.8. The number of hydrogen-bond acceptors (Lipinski definition) is 3. The van der Waals surface area contributed by atoms with Crippen molar-refractivity contribution in [3.05, 3.63) is 79.9 Å². The van der Waals surface area contributed by atoms with Gasteiger partial charge in [0.05, 0.1) is 12.7 Å². The number of hydrogen-bond donors (Lipinski definition) is 0. The second-order valence-corrected chi connectivity index (χ2v) is 15.9. The van der Waals surface area contributed by atoms with Crippen molar-refractivity contribution in [1.29, 1.82) is 0 Å². The van der Waals surface area contributed by atoms with Crippen LogP contribution in [0.5, 0.6) is 0 Å². The van der Waals surface area contributed by atoms with E-state index in [1.54, 1.807) is 5.30 Å². The van der Waals surface area contributed by atoms with Crippen LogP contribution >= 0.6 is 17.6 Å². The fourth-order valence-corrected chi connectivity index (χ4v) is 10.9. The SMILES string of the molecule is CCCCN1C=CN(CCCC)C1.CN(C)[C]1[CH][CH][CH][CH][C]1c1ccccc1P(C1CCCCC1)C1CCCCC1.F[B-](F)(F)F.[Cl][Ru+]. The minimum atomic E-state index is -6.00. The van der Waals surface area contributed by atoms with Crippen LogP contribution in [-0.4, -0.2) is 67.1 Å². The Hall–Kier alpha value is -0.352. The molecule has 0 unspecified atom stereocenters. The molecule has 1 heterocycles. The quantitative estimate of drug-likeness (QED) is 0.125. The van der Waals surface area contributed by atoms with Gasteiger partial charge >= 0.3 is 34.3 Å². The van der Waals surface area contributed by atoms with Gasteiger partial charge in [-0.1, -0.05) is 97.4 Å². The summed E-state index contributed by atoms with van der Waals surface area (Å²) in [5, 5.41) is 1.70. The zero-order valence-corrected chi connectivity index (χ0v) is 32.9. The molecule has 3 aliphatic carbocycles. The van der Waals surface area contributed by atoms with Crippen LogP contribution < -0.4 is 5.30 Å². The Balaban J connectivity index is 0.000000333. The van der Waals surface area contributed by atoms with E-state index in [-0.39, 0.29) is 7.92 Å². The van der Waals surface area contributed by atoms with E-state index in [2.05, 4.69) is 115 Å². The van der Waals surface area contributed by atoms with Crippen molar-refractivity contribution in [2.45, 2.75) is 115 Å². The molecule has 48 heavy (non-hydrogen) atoms. The van der Waals surface area contributed by atoms with Gasteiger partial charge in [-0.15, -0.1) is 0 Å². The topological polar surface area (TPSA) is 9.72 Å². The van der Waals surface area contributed by atoms with Gasteiger partial charge in [-0.3, -0.25) is 0 Å².